The average molecular weight is 431 g/mol. The number of rotatable bonds is 5. The summed E-state index contributed by atoms with van der Waals surface area (Å²) in [7, 11) is -3.15. The van der Waals surface area contributed by atoms with E-state index in [4.69, 9.17) is 16.1 Å². The summed E-state index contributed by atoms with van der Waals surface area (Å²) in [6, 6.07) is 17.7. The molecule has 0 bridgehead atoms. The molecule has 6 nitrogen and oxygen atoms in total. The van der Waals surface area contributed by atoms with Crippen molar-refractivity contribution in [3.05, 3.63) is 76.9 Å². The summed E-state index contributed by atoms with van der Waals surface area (Å²) in [5, 5.41) is 4.54. The van der Waals surface area contributed by atoms with Gasteiger partial charge in [0.05, 0.1) is 11.5 Å². The first-order chi connectivity index (χ1) is 13.9. The minimum atomic E-state index is -3.15. The SMILES string of the molecule is O=C(c1cc(-c2ccccc2)on1)N(Cc1ccc(Cl)cc1)C1CCS(=O)(=O)C1. The first kappa shape index (κ1) is 19.7. The predicted octanol–water partition coefficient (Wildman–Crippen LogP) is 3.82. The van der Waals surface area contributed by atoms with E-state index in [1.54, 1.807) is 23.1 Å². The Bertz CT molecular complexity index is 1110. The van der Waals surface area contributed by atoms with Crippen LogP contribution in [0.3, 0.4) is 0 Å². The fourth-order valence-electron chi connectivity index (χ4n) is 3.44. The van der Waals surface area contributed by atoms with Gasteiger partial charge in [-0.3, -0.25) is 4.79 Å². The molecular formula is C21H19ClN2O4S. The van der Waals surface area contributed by atoms with Gasteiger partial charge in [-0.1, -0.05) is 59.2 Å². The minimum Gasteiger partial charge on any atom is -0.355 e. The van der Waals surface area contributed by atoms with Gasteiger partial charge >= 0.3 is 0 Å². The Morgan fingerprint density at radius 1 is 1.14 bits per heavy atom. The number of nitrogens with zero attached hydrogens (tertiary/aromatic N) is 2. The summed E-state index contributed by atoms with van der Waals surface area (Å²) in [4.78, 5) is 14.8. The normalized spacial score (nSPS) is 17.9. The second-order valence-electron chi connectivity index (χ2n) is 7.06. The monoisotopic (exact) mass is 430 g/mol. The highest BCUT2D eigenvalue weighted by Gasteiger charge is 2.36. The Morgan fingerprint density at radius 3 is 2.52 bits per heavy atom. The van der Waals surface area contributed by atoms with Crippen molar-refractivity contribution < 1.29 is 17.7 Å². The van der Waals surface area contributed by atoms with Gasteiger partial charge in [0.2, 0.25) is 0 Å². The van der Waals surface area contributed by atoms with Crippen LogP contribution in [-0.4, -0.2) is 41.9 Å². The number of hydrogen-bond donors (Lipinski definition) is 0. The molecule has 8 heteroatoms. The topological polar surface area (TPSA) is 80.5 Å². The molecule has 4 rings (SSSR count). The van der Waals surface area contributed by atoms with Gasteiger partial charge in [0.1, 0.15) is 0 Å². The molecule has 1 atom stereocenters. The number of benzene rings is 2. The molecule has 0 saturated carbocycles. The van der Waals surface area contributed by atoms with Crippen molar-refractivity contribution in [1.82, 2.24) is 10.1 Å². The molecule has 0 spiro atoms. The third-order valence-corrected chi connectivity index (χ3v) is 6.97. The maximum atomic E-state index is 13.2. The van der Waals surface area contributed by atoms with Crippen molar-refractivity contribution >= 4 is 27.3 Å². The Labute approximate surface area is 174 Å². The van der Waals surface area contributed by atoms with E-state index in [-0.39, 0.29) is 29.7 Å². The summed E-state index contributed by atoms with van der Waals surface area (Å²) in [6.45, 7) is 0.268. The second-order valence-corrected chi connectivity index (χ2v) is 9.72. The van der Waals surface area contributed by atoms with Crippen molar-refractivity contribution in [3.63, 3.8) is 0 Å². The molecule has 1 fully saturated rings. The standard InChI is InChI=1S/C21H19ClN2O4S/c22-17-8-6-15(7-9-17)13-24(18-10-11-29(26,27)14-18)21(25)19-12-20(28-23-19)16-4-2-1-3-5-16/h1-9,12,18H,10-11,13-14H2. The van der Waals surface area contributed by atoms with E-state index in [0.29, 0.717) is 17.2 Å². The number of carbonyl (C=O) groups is 1. The lowest BCUT2D eigenvalue weighted by Gasteiger charge is -2.27. The van der Waals surface area contributed by atoms with E-state index in [0.717, 1.165) is 11.1 Å². The van der Waals surface area contributed by atoms with E-state index in [1.807, 2.05) is 42.5 Å². The van der Waals surface area contributed by atoms with Crippen LogP contribution in [0.1, 0.15) is 22.5 Å². The summed E-state index contributed by atoms with van der Waals surface area (Å²) in [5.74, 6) is 0.165. The zero-order valence-corrected chi connectivity index (χ0v) is 17.1. The van der Waals surface area contributed by atoms with Gasteiger partial charge in [0, 0.05) is 29.2 Å². The lowest BCUT2D eigenvalue weighted by atomic mass is 10.1. The zero-order chi connectivity index (χ0) is 20.4. The Balaban J connectivity index is 1.62. The Kier molecular flexibility index (Phi) is 5.43. The average Bonchev–Trinajstić information content (AvgIpc) is 3.34. The molecule has 29 heavy (non-hydrogen) atoms. The van der Waals surface area contributed by atoms with Gasteiger partial charge in [-0.15, -0.1) is 0 Å². The maximum Gasteiger partial charge on any atom is 0.276 e. The van der Waals surface area contributed by atoms with Crippen LogP contribution < -0.4 is 0 Å². The van der Waals surface area contributed by atoms with E-state index in [1.165, 1.54) is 0 Å². The minimum absolute atomic E-state index is 0.0459. The molecule has 1 aliphatic rings. The smallest absolute Gasteiger partial charge is 0.276 e. The molecule has 2 aromatic carbocycles. The molecule has 0 N–H and O–H groups in total. The summed E-state index contributed by atoms with van der Waals surface area (Å²) < 4.78 is 29.4. The van der Waals surface area contributed by atoms with E-state index in [2.05, 4.69) is 5.16 Å². The quantitative estimate of drug-likeness (QED) is 0.614. The molecule has 150 valence electrons. The van der Waals surface area contributed by atoms with Gasteiger partial charge in [-0.25, -0.2) is 8.42 Å². The number of halogens is 1. The number of aromatic nitrogens is 1. The molecule has 1 aliphatic heterocycles. The van der Waals surface area contributed by atoms with Gasteiger partial charge in [-0.05, 0) is 24.1 Å². The fourth-order valence-corrected chi connectivity index (χ4v) is 5.29. The lowest BCUT2D eigenvalue weighted by molar-refractivity contribution is 0.0670. The summed E-state index contributed by atoms with van der Waals surface area (Å²) in [6.07, 6.45) is 0.408. The fraction of sp³-hybridized carbons (Fsp3) is 0.238. The van der Waals surface area contributed by atoms with E-state index >= 15 is 0 Å². The van der Waals surface area contributed by atoms with Crippen LogP contribution >= 0.6 is 11.6 Å². The zero-order valence-electron chi connectivity index (χ0n) is 15.5. The first-order valence-electron chi connectivity index (χ1n) is 9.19. The molecule has 1 unspecified atom stereocenters. The van der Waals surface area contributed by atoms with Crippen molar-refractivity contribution in [1.29, 1.82) is 0 Å². The van der Waals surface area contributed by atoms with Gasteiger partial charge in [0.15, 0.2) is 21.3 Å². The van der Waals surface area contributed by atoms with Crippen molar-refractivity contribution in [2.75, 3.05) is 11.5 Å². The molecule has 3 aromatic rings. The molecular weight excluding hydrogens is 412 g/mol. The highest BCUT2D eigenvalue weighted by molar-refractivity contribution is 7.91. The number of carbonyl (C=O) groups excluding carboxylic acids is 1. The number of hydrogen-bond acceptors (Lipinski definition) is 5. The van der Waals surface area contributed by atoms with Crippen molar-refractivity contribution in [2.24, 2.45) is 0 Å². The van der Waals surface area contributed by atoms with E-state index < -0.39 is 15.9 Å². The van der Waals surface area contributed by atoms with Crippen molar-refractivity contribution in [2.45, 2.75) is 19.0 Å². The molecule has 2 heterocycles. The summed E-state index contributed by atoms with van der Waals surface area (Å²) in [5.41, 5.74) is 1.83. The first-order valence-corrected chi connectivity index (χ1v) is 11.4. The largest absolute Gasteiger partial charge is 0.355 e. The van der Waals surface area contributed by atoms with Gasteiger partial charge in [0.25, 0.3) is 5.91 Å². The van der Waals surface area contributed by atoms with E-state index in [9.17, 15) is 13.2 Å². The van der Waals surface area contributed by atoms with Crippen LogP contribution in [0.2, 0.25) is 5.02 Å². The van der Waals surface area contributed by atoms with Crippen LogP contribution in [0.4, 0.5) is 0 Å². The van der Waals surface area contributed by atoms with Crippen LogP contribution in [0.15, 0.2) is 65.2 Å². The Morgan fingerprint density at radius 2 is 1.86 bits per heavy atom. The highest BCUT2D eigenvalue weighted by Crippen LogP contribution is 2.25. The molecule has 1 saturated heterocycles. The van der Waals surface area contributed by atoms with Gasteiger partial charge in [-0.2, -0.15) is 0 Å². The number of amides is 1. The maximum absolute atomic E-state index is 13.2. The third-order valence-electron chi connectivity index (χ3n) is 4.96. The van der Waals surface area contributed by atoms with Crippen molar-refractivity contribution in [3.8, 4) is 11.3 Å². The lowest BCUT2D eigenvalue weighted by Crippen LogP contribution is -2.40. The van der Waals surface area contributed by atoms with Crippen LogP contribution in [0.25, 0.3) is 11.3 Å². The number of sulfone groups is 1. The Hall–Kier alpha value is -2.64. The molecule has 1 aromatic heterocycles. The summed E-state index contributed by atoms with van der Waals surface area (Å²) >= 11 is 5.95. The molecule has 1 amide bonds. The third kappa shape index (κ3) is 4.52. The molecule has 0 radical (unpaired) electrons. The van der Waals surface area contributed by atoms with Crippen LogP contribution in [0, 0.1) is 0 Å². The highest BCUT2D eigenvalue weighted by atomic mass is 35.5. The van der Waals surface area contributed by atoms with Gasteiger partial charge < -0.3 is 9.42 Å². The van der Waals surface area contributed by atoms with Crippen LogP contribution in [-0.2, 0) is 16.4 Å². The van der Waals surface area contributed by atoms with Crippen LogP contribution in [0.5, 0.6) is 0 Å². The molecule has 0 aliphatic carbocycles. The second kappa shape index (κ2) is 8.00. The predicted molar refractivity (Wildman–Crippen MR) is 110 cm³/mol.